The van der Waals surface area contributed by atoms with Gasteiger partial charge in [-0.3, -0.25) is 0 Å². The maximum absolute atomic E-state index is 9.49. The van der Waals surface area contributed by atoms with Gasteiger partial charge in [0, 0.05) is 18.8 Å². The molecule has 0 amide bonds. The third-order valence-electron chi connectivity index (χ3n) is 3.38. The molecule has 0 bridgehead atoms. The fraction of sp³-hybridized carbons (Fsp3) is 0.385. The number of aromatic nitrogens is 3. The van der Waals surface area contributed by atoms with Crippen molar-refractivity contribution < 1.29 is 5.11 Å². The Hall–Kier alpha value is -1.88. The summed E-state index contributed by atoms with van der Waals surface area (Å²) in [6.07, 6.45) is 1.37. The van der Waals surface area contributed by atoms with Gasteiger partial charge in [0.1, 0.15) is 6.33 Å². The van der Waals surface area contributed by atoms with Crippen LogP contribution in [0.5, 0.6) is 0 Å². The lowest BCUT2D eigenvalue weighted by Gasteiger charge is -2.29. The van der Waals surface area contributed by atoms with Crippen molar-refractivity contribution in [2.45, 2.75) is 26.1 Å². The van der Waals surface area contributed by atoms with Crippen LogP contribution >= 0.6 is 0 Å². The van der Waals surface area contributed by atoms with Crippen LogP contribution in [-0.2, 0) is 13.1 Å². The predicted octanol–water partition coefficient (Wildman–Crippen LogP) is 1.35. The second-order valence-electron chi connectivity index (χ2n) is 4.63. The molecule has 5 heteroatoms. The summed E-state index contributed by atoms with van der Waals surface area (Å²) in [5.74, 6) is 1.00. The molecule has 5 nitrogen and oxygen atoms in total. The van der Waals surface area contributed by atoms with Gasteiger partial charge in [0.2, 0.25) is 0 Å². The van der Waals surface area contributed by atoms with E-state index < -0.39 is 6.10 Å². The minimum absolute atomic E-state index is 0.413. The first-order chi connectivity index (χ1) is 8.74. The second-order valence-corrected chi connectivity index (χ2v) is 4.63. The van der Waals surface area contributed by atoms with Crippen LogP contribution in [-0.4, -0.2) is 26.4 Å². The zero-order chi connectivity index (χ0) is 12.5. The molecule has 1 N–H and O–H groups in total. The lowest BCUT2D eigenvalue weighted by atomic mass is 10.1. The van der Waals surface area contributed by atoms with E-state index in [9.17, 15) is 5.11 Å². The van der Waals surface area contributed by atoms with Crippen molar-refractivity contribution in [1.29, 1.82) is 0 Å². The first-order valence-electron chi connectivity index (χ1n) is 6.14. The van der Waals surface area contributed by atoms with E-state index in [0.29, 0.717) is 0 Å². The Bertz CT molecular complexity index is 532. The fourth-order valence-electron chi connectivity index (χ4n) is 2.25. The van der Waals surface area contributed by atoms with Crippen LogP contribution < -0.4 is 4.90 Å². The predicted molar refractivity (Wildman–Crippen MR) is 68.1 cm³/mol. The Labute approximate surface area is 106 Å². The minimum atomic E-state index is -0.413. The Balaban J connectivity index is 1.80. The van der Waals surface area contributed by atoms with Crippen molar-refractivity contribution in [2.24, 2.45) is 0 Å². The quantitative estimate of drug-likeness (QED) is 0.866. The van der Waals surface area contributed by atoms with E-state index in [4.69, 9.17) is 0 Å². The molecule has 0 spiro atoms. The number of hydrogen-bond acceptors (Lipinski definition) is 4. The summed E-state index contributed by atoms with van der Waals surface area (Å²) in [5, 5.41) is 17.5. The summed E-state index contributed by atoms with van der Waals surface area (Å²) in [5.41, 5.74) is 2.10. The van der Waals surface area contributed by atoms with Crippen LogP contribution in [0, 0.1) is 0 Å². The Morgan fingerprint density at radius 2 is 2.00 bits per heavy atom. The highest BCUT2D eigenvalue weighted by Crippen LogP contribution is 2.22. The molecule has 18 heavy (non-hydrogen) atoms. The number of aliphatic hydroxyl groups is 1. The molecule has 0 saturated carbocycles. The largest absolute Gasteiger partial charge is 0.389 e. The molecule has 0 radical (unpaired) electrons. The van der Waals surface area contributed by atoms with Crippen LogP contribution in [0.1, 0.15) is 24.4 Å². The average molecular weight is 244 g/mol. The molecule has 1 aromatic carbocycles. The topological polar surface area (TPSA) is 54.2 Å². The second kappa shape index (κ2) is 4.42. The van der Waals surface area contributed by atoms with Crippen molar-refractivity contribution in [3.8, 4) is 0 Å². The first kappa shape index (κ1) is 11.2. The van der Waals surface area contributed by atoms with Crippen molar-refractivity contribution in [3.63, 3.8) is 0 Å². The van der Waals surface area contributed by atoms with Gasteiger partial charge in [0.05, 0.1) is 12.6 Å². The fourth-order valence-corrected chi connectivity index (χ4v) is 2.25. The van der Waals surface area contributed by atoms with E-state index in [-0.39, 0.29) is 0 Å². The van der Waals surface area contributed by atoms with Crippen molar-refractivity contribution in [1.82, 2.24) is 14.8 Å². The zero-order valence-corrected chi connectivity index (χ0v) is 10.3. The maximum atomic E-state index is 9.49. The molecular formula is C13H16N4O. The van der Waals surface area contributed by atoms with Gasteiger partial charge in [-0.25, -0.2) is 0 Å². The van der Waals surface area contributed by atoms with Crippen molar-refractivity contribution in [3.05, 3.63) is 42.0 Å². The zero-order valence-electron chi connectivity index (χ0n) is 10.3. The van der Waals surface area contributed by atoms with E-state index in [1.165, 1.54) is 0 Å². The molecule has 2 heterocycles. The molecule has 1 aliphatic rings. The van der Waals surface area contributed by atoms with E-state index in [1.54, 1.807) is 13.3 Å². The highest BCUT2D eigenvalue weighted by molar-refractivity contribution is 5.48. The van der Waals surface area contributed by atoms with Gasteiger partial charge in [0.15, 0.2) is 5.82 Å². The number of benzene rings is 1. The molecule has 2 aromatic rings. The van der Waals surface area contributed by atoms with Crippen LogP contribution in [0.3, 0.4) is 0 Å². The van der Waals surface area contributed by atoms with Crippen molar-refractivity contribution in [2.75, 3.05) is 11.4 Å². The Morgan fingerprint density at radius 3 is 2.72 bits per heavy atom. The SMILES string of the molecule is C[C@@H](O)c1ccc(N2CCn3cnnc3C2)cc1. The summed E-state index contributed by atoms with van der Waals surface area (Å²) in [4.78, 5) is 2.27. The molecule has 0 saturated heterocycles. The number of nitrogens with zero attached hydrogens (tertiary/aromatic N) is 4. The maximum Gasteiger partial charge on any atom is 0.152 e. The summed E-state index contributed by atoms with van der Waals surface area (Å²) < 4.78 is 2.08. The number of fused-ring (bicyclic) bond motifs is 1. The third kappa shape index (κ3) is 1.97. The van der Waals surface area contributed by atoms with Gasteiger partial charge in [-0.2, -0.15) is 0 Å². The summed E-state index contributed by atoms with van der Waals surface area (Å²) in [7, 11) is 0. The van der Waals surface area contributed by atoms with E-state index in [1.807, 2.05) is 24.3 Å². The van der Waals surface area contributed by atoms with Crippen LogP contribution in [0.4, 0.5) is 5.69 Å². The Morgan fingerprint density at radius 1 is 1.22 bits per heavy atom. The molecule has 1 aromatic heterocycles. The first-order valence-corrected chi connectivity index (χ1v) is 6.14. The highest BCUT2D eigenvalue weighted by atomic mass is 16.3. The summed E-state index contributed by atoms with van der Waals surface area (Å²) in [6, 6.07) is 8.04. The number of anilines is 1. The molecule has 0 unspecified atom stereocenters. The lowest BCUT2D eigenvalue weighted by molar-refractivity contribution is 0.199. The standard InChI is InChI=1S/C13H16N4O/c1-10(18)11-2-4-12(5-3-11)16-6-7-17-9-14-15-13(17)8-16/h2-5,9-10,18H,6-8H2,1H3/t10-/m1/s1. The molecule has 3 rings (SSSR count). The van der Waals surface area contributed by atoms with Gasteiger partial charge < -0.3 is 14.6 Å². The highest BCUT2D eigenvalue weighted by Gasteiger charge is 2.17. The average Bonchev–Trinajstić information content (AvgIpc) is 2.86. The van der Waals surface area contributed by atoms with Crippen LogP contribution in [0.25, 0.3) is 0 Å². The molecule has 1 aliphatic heterocycles. The lowest BCUT2D eigenvalue weighted by Crippen LogP contribution is -2.33. The van der Waals surface area contributed by atoms with Crippen LogP contribution in [0.2, 0.25) is 0 Å². The third-order valence-corrected chi connectivity index (χ3v) is 3.38. The monoisotopic (exact) mass is 244 g/mol. The smallest absolute Gasteiger partial charge is 0.152 e. The van der Waals surface area contributed by atoms with Crippen molar-refractivity contribution >= 4 is 5.69 Å². The number of rotatable bonds is 2. The van der Waals surface area contributed by atoms with E-state index in [0.717, 1.165) is 36.7 Å². The van der Waals surface area contributed by atoms with Gasteiger partial charge >= 0.3 is 0 Å². The van der Waals surface area contributed by atoms with E-state index >= 15 is 0 Å². The summed E-state index contributed by atoms with van der Waals surface area (Å²) in [6.45, 7) is 4.44. The Kier molecular flexibility index (Phi) is 2.76. The normalized spacial score (nSPS) is 16.4. The number of aliphatic hydroxyl groups excluding tert-OH is 1. The van der Waals surface area contributed by atoms with Gasteiger partial charge in [-0.1, -0.05) is 12.1 Å². The van der Waals surface area contributed by atoms with Gasteiger partial charge in [-0.05, 0) is 24.6 Å². The van der Waals surface area contributed by atoms with Crippen LogP contribution in [0.15, 0.2) is 30.6 Å². The summed E-state index contributed by atoms with van der Waals surface area (Å²) >= 11 is 0. The molecular weight excluding hydrogens is 228 g/mol. The molecule has 94 valence electrons. The molecule has 0 fully saturated rings. The van der Waals surface area contributed by atoms with Gasteiger partial charge in [0.25, 0.3) is 0 Å². The number of hydrogen-bond donors (Lipinski definition) is 1. The van der Waals surface area contributed by atoms with E-state index in [2.05, 4.69) is 19.7 Å². The molecule has 0 aliphatic carbocycles. The van der Waals surface area contributed by atoms with Gasteiger partial charge in [-0.15, -0.1) is 10.2 Å². The minimum Gasteiger partial charge on any atom is -0.389 e. The molecule has 1 atom stereocenters.